The normalized spacial score (nSPS) is 10.8. The molecule has 0 aliphatic carbocycles. The zero-order valence-corrected chi connectivity index (χ0v) is 20.2. The number of nitrogens with one attached hydrogen (secondary N) is 1. The summed E-state index contributed by atoms with van der Waals surface area (Å²) in [4.78, 5) is 14.6. The first kappa shape index (κ1) is 22.9. The second-order valence-electron chi connectivity index (χ2n) is 7.76. The topological polar surface area (TPSA) is 63.1 Å². The molecule has 0 saturated heterocycles. The third-order valence-electron chi connectivity index (χ3n) is 5.03. The Bertz CT molecular complexity index is 1240. The average Bonchev–Trinajstić information content (AvgIpc) is 3.23. The highest BCUT2D eigenvalue weighted by Crippen LogP contribution is 2.29. The quantitative estimate of drug-likeness (QED) is 0.346. The van der Waals surface area contributed by atoms with Crippen LogP contribution in [0.5, 0.6) is 0 Å². The van der Waals surface area contributed by atoms with E-state index >= 15 is 0 Å². The molecule has 4 rings (SSSR count). The summed E-state index contributed by atoms with van der Waals surface area (Å²) in [7, 11) is 3.96. The summed E-state index contributed by atoms with van der Waals surface area (Å²) >= 11 is 7.40. The molecule has 3 aromatic carbocycles. The maximum absolute atomic E-state index is 12.6. The number of nitrogens with zero attached hydrogens (tertiary/aromatic N) is 4. The molecular weight excluding hydrogens is 454 g/mol. The molecular formula is C25H24ClN5OS. The van der Waals surface area contributed by atoms with Crippen molar-refractivity contribution in [2.24, 2.45) is 0 Å². The number of carbonyl (C=O) groups is 1. The lowest BCUT2D eigenvalue weighted by Gasteiger charge is -2.13. The van der Waals surface area contributed by atoms with Crippen molar-refractivity contribution in [1.82, 2.24) is 14.8 Å². The van der Waals surface area contributed by atoms with Gasteiger partial charge in [0, 0.05) is 41.7 Å². The number of anilines is 2. The highest BCUT2D eigenvalue weighted by atomic mass is 35.5. The Morgan fingerprint density at radius 3 is 2.27 bits per heavy atom. The van der Waals surface area contributed by atoms with Crippen LogP contribution in [0.25, 0.3) is 17.1 Å². The Morgan fingerprint density at radius 1 is 0.970 bits per heavy atom. The molecule has 0 saturated carbocycles. The molecule has 0 bridgehead atoms. The first-order chi connectivity index (χ1) is 15.9. The van der Waals surface area contributed by atoms with Crippen LogP contribution < -0.4 is 10.2 Å². The molecule has 6 nitrogen and oxygen atoms in total. The first-order valence-electron chi connectivity index (χ1n) is 10.4. The second kappa shape index (κ2) is 10.1. The van der Waals surface area contributed by atoms with Gasteiger partial charge in [0.2, 0.25) is 5.91 Å². The van der Waals surface area contributed by atoms with Crippen molar-refractivity contribution < 1.29 is 4.79 Å². The smallest absolute Gasteiger partial charge is 0.234 e. The van der Waals surface area contributed by atoms with Crippen LogP contribution in [0.3, 0.4) is 0 Å². The van der Waals surface area contributed by atoms with Gasteiger partial charge < -0.3 is 10.2 Å². The van der Waals surface area contributed by atoms with Gasteiger partial charge in [-0.3, -0.25) is 9.36 Å². The van der Waals surface area contributed by atoms with Crippen molar-refractivity contribution in [3.63, 3.8) is 0 Å². The highest BCUT2D eigenvalue weighted by molar-refractivity contribution is 7.99. The zero-order valence-electron chi connectivity index (χ0n) is 18.6. The number of benzene rings is 3. The molecule has 1 N–H and O–H groups in total. The summed E-state index contributed by atoms with van der Waals surface area (Å²) in [6.07, 6.45) is 0. The van der Waals surface area contributed by atoms with Crippen LogP contribution in [0.2, 0.25) is 5.02 Å². The fourth-order valence-corrected chi connectivity index (χ4v) is 4.12. The van der Waals surface area contributed by atoms with Crippen LogP contribution >= 0.6 is 23.4 Å². The number of aryl methyl sites for hydroxylation is 1. The van der Waals surface area contributed by atoms with Gasteiger partial charge in [-0.25, -0.2) is 0 Å². The van der Waals surface area contributed by atoms with Gasteiger partial charge in [-0.2, -0.15) is 0 Å². The van der Waals surface area contributed by atoms with Crippen LogP contribution in [0.15, 0.2) is 78.0 Å². The van der Waals surface area contributed by atoms with E-state index in [1.165, 1.54) is 11.8 Å². The average molecular weight is 478 g/mol. The van der Waals surface area contributed by atoms with Crippen molar-refractivity contribution in [3.8, 4) is 17.1 Å². The largest absolute Gasteiger partial charge is 0.378 e. The van der Waals surface area contributed by atoms with Crippen LogP contribution in [0, 0.1) is 6.92 Å². The maximum atomic E-state index is 12.6. The van der Waals surface area contributed by atoms with Gasteiger partial charge in [0.25, 0.3) is 0 Å². The van der Waals surface area contributed by atoms with E-state index in [0.717, 1.165) is 28.2 Å². The predicted octanol–water partition coefficient (Wildman–Crippen LogP) is 5.69. The Labute approximate surface area is 202 Å². The molecule has 0 spiro atoms. The molecule has 0 radical (unpaired) electrons. The van der Waals surface area contributed by atoms with Crippen LogP contribution in [-0.4, -0.2) is 40.5 Å². The molecule has 0 aliphatic heterocycles. The van der Waals surface area contributed by atoms with Gasteiger partial charge in [0.15, 0.2) is 11.0 Å². The lowest BCUT2D eigenvalue weighted by Crippen LogP contribution is -2.15. The fourth-order valence-electron chi connectivity index (χ4n) is 3.25. The first-order valence-corrected chi connectivity index (χ1v) is 11.8. The lowest BCUT2D eigenvalue weighted by atomic mass is 10.2. The molecule has 168 valence electrons. The van der Waals surface area contributed by atoms with Crippen LogP contribution in [-0.2, 0) is 4.79 Å². The summed E-state index contributed by atoms with van der Waals surface area (Å²) in [5.41, 5.74) is 4.81. The van der Waals surface area contributed by atoms with E-state index in [4.69, 9.17) is 11.6 Å². The number of carbonyl (C=O) groups excluding carboxylic acids is 1. The lowest BCUT2D eigenvalue weighted by molar-refractivity contribution is -0.113. The number of hydrogen-bond acceptors (Lipinski definition) is 5. The standard InChI is InChI=1S/C25H24ClN5OS/c1-17-4-12-22(13-5-17)31-24(18-6-8-19(26)9-7-18)28-29-25(31)33-16-23(32)27-20-10-14-21(15-11-20)30(2)3/h4-15H,16H2,1-3H3,(H,27,32). The summed E-state index contributed by atoms with van der Waals surface area (Å²) in [5, 5.41) is 13.0. The van der Waals surface area contributed by atoms with Gasteiger partial charge in [-0.15, -0.1) is 10.2 Å². The zero-order chi connectivity index (χ0) is 23.4. The van der Waals surface area contributed by atoms with E-state index < -0.39 is 0 Å². The maximum Gasteiger partial charge on any atom is 0.234 e. The van der Waals surface area contributed by atoms with Gasteiger partial charge in [-0.1, -0.05) is 41.1 Å². The van der Waals surface area contributed by atoms with Gasteiger partial charge in [0.1, 0.15) is 0 Å². The third kappa shape index (κ3) is 5.56. The Balaban J connectivity index is 1.55. The number of rotatable bonds is 7. The number of halogens is 1. The van der Waals surface area contributed by atoms with E-state index in [-0.39, 0.29) is 11.7 Å². The summed E-state index contributed by atoms with van der Waals surface area (Å²) < 4.78 is 1.96. The number of thioether (sulfide) groups is 1. The molecule has 0 unspecified atom stereocenters. The summed E-state index contributed by atoms with van der Waals surface area (Å²) in [6, 6.07) is 23.3. The van der Waals surface area contributed by atoms with Crippen molar-refractivity contribution in [3.05, 3.63) is 83.4 Å². The molecule has 33 heavy (non-hydrogen) atoms. The van der Waals surface area contributed by atoms with Gasteiger partial charge >= 0.3 is 0 Å². The molecule has 4 aromatic rings. The van der Waals surface area contributed by atoms with Crippen LogP contribution in [0.1, 0.15) is 5.56 Å². The Hall–Kier alpha value is -3.29. The number of amides is 1. The van der Waals surface area contributed by atoms with Crippen molar-refractivity contribution in [2.45, 2.75) is 12.1 Å². The van der Waals surface area contributed by atoms with Crippen molar-refractivity contribution in [1.29, 1.82) is 0 Å². The van der Waals surface area contributed by atoms with Crippen molar-refractivity contribution >= 4 is 40.6 Å². The highest BCUT2D eigenvalue weighted by Gasteiger charge is 2.17. The van der Waals surface area contributed by atoms with E-state index in [0.29, 0.717) is 16.0 Å². The second-order valence-corrected chi connectivity index (χ2v) is 9.14. The Kier molecular flexibility index (Phi) is 7.01. The molecule has 1 heterocycles. The SMILES string of the molecule is Cc1ccc(-n2c(SCC(=O)Nc3ccc(N(C)C)cc3)nnc2-c2ccc(Cl)cc2)cc1. The molecule has 8 heteroatoms. The fraction of sp³-hybridized carbons (Fsp3) is 0.160. The molecule has 1 aromatic heterocycles. The van der Waals surface area contributed by atoms with Gasteiger partial charge in [0.05, 0.1) is 5.75 Å². The van der Waals surface area contributed by atoms with E-state index in [1.54, 1.807) is 0 Å². The molecule has 0 aliphatic rings. The third-order valence-corrected chi connectivity index (χ3v) is 6.21. The van der Waals surface area contributed by atoms with Gasteiger partial charge in [-0.05, 0) is 67.6 Å². The number of aromatic nitrogens is 3. The van der Waals surface area contributed by atoms with E-state index in [2.05, 4.69) is 15.5 Å². The molecule has 0 fully saturated rings. The Morgan fingerprint density at radius 2 is 1.64 bits per heavy atom. The molecule has 1 amide bonds. The van der Waals surface area contributed by atoms with E-state index in [9.17, 15) is 4.79 Å². The summed E-state index contributed by atoms with van der Waals surface area (Å²) in [6.45, 7) is 2.04. The molecule has 0 atom stereocenters. The monoisotopic (exact) mass is 477 g/mol. The summed E-state index contributed by atoms with van der Waals surface area (Å²) in [5.74, 6) is 0.793. The van der Waals surface area contributed by atoms with Crippen LogP contribution in [0.4, 0.5) is 11.4 Å². The minimum absolute atomic E-state index is 0.107. The predicted molar refractivity (Wildman–Crippen MR) is 137 cm³/mol. The minimum atomic E-state index is -0.107. The van der Waals surface area contributed by atoms with Crippen molar-refractivity contribution in [2.75, 3.05) is 30.1 Å². The minimum Gasteiger partial charge on any atom is -0.378 e. The number of hydrogen-bond donors (Lipinski definition) is 1. The van der Waals surface area contributed by atoms with E-state index in [1.807, 2.05) is 103 Å².